The van der Waals surface area contributed by atoms with Gasteiger partial charge < -0.3 is 5.11 Å². The summed E-state index contributed by atoms with van der Waals surface area (Å²) in [5, 5.41) is 9.35. The van der Waals surface area contributed by atoms with Crippen molar-refractivity contribution < 1.29 is 5.11 Å². The Hall–Kier alpha value is -0.0800. The number of likely N-dealkylation sites (tertiary alicyclic amines) is 1. The zero-order chi connectivity index (χ0) is 9.47. The van der Waals surface area contributed by atoms with Gasteiger partial charge in [-0.25, -0.2) is 0 Å². The van der Waals surface area contributed by atoms with Gasteiger partial charge >= 0.3 is 0 Å². The Labute approximate surface area is 80.9 Å². The van der Waals surface area contributed by atoms with E-state index in [1.807, 2.05) is 0 Å². The molecular formula is C11H21NO. The number of hydrogen-bond donors (Lipinski definition) is 1. The van der Waals surface area contributed by atoms with Crippen molar-refractivity contribution in [1.29, 1.82) is 0 Å². The van der Waals surface area contributed by atoms with Crippen LogP contribution in [0.15, 0.2) is 0 Å². The summed E-state index contributed by atoms with van der Waals surface area (Å²) in [7, 11) is 0. The monoisotopic (exact) mass is 183 g/mol. The highest BCUT2D eigenvalue weighted by atomic mass is 16.3. The molecule has 0 radical (unpaired) electrons. The predicted molar refractivity (Wildman–Crippen MR) is 53.6 cm³/mol. The molecule has 2 heteroatoms. The highest BCUT2D eigenvalue weighted by molar-refractivity contribution is 4.95. The quantitative estimate of drug-likeness (QED) is 0.716. The van der Waals surface area contributed by atoms with Crippen LogP contribution in [0.1, 0.15) is 33.1 Å². The van der Waals surface area contributed by atoms with Crippen molar-refractivity contribution in [2.24, 2.45) is 11.8 Å². The summed E-state index contributed by atoms with van der Waals surface area (Å²) in [6.45, 7) is 7.27. The summed E-state index contributed by atoms with van der Waals surface area (Å²) < 4.78 is 0. The van der Waals surface area contributed by atoms with Crippen LogP contribution in [0, 0.1) is 11.8 Å². The normalized spacial score (nSPS) is 45.5. The Balaban J connectivity index is 1.90. The zero-order valence-corrected chi connectivity index (χ0v) is 8.79. The van der Waals surface area contributed by atoms with Crippen molar-refractivity contribution in [2.45, 2.75) is 38.6 Å². The van der Waals surface area contributed by atoms with Crippen molar-refractivity contribution in [1.82, 2.24) is 4.90 Å². The fourth-order valence-corrected chi connectivity index (χ4v) is 2.51. The van der Waals surface area contributed by atoms with Crippen LogP contribution in [0.5, 0.6) is 0 Å². The van der Waals surface area contributed by atoms with E-state index < -0.39 is 0 Å². The Morgan fingerprint density at radius 1 is 1.54 bits per heavy atom. The molecule has 2 nitrogen and oxygen atoms in total. The summed E-state index contributed by atoms with van der Waals surface area (Å²) in [5.41, 5.74) is 0.0995. The van der Waals surface area contributed by atoms with Crippen LogP contribution in [-0.2, 0) is 0 Å². The van der Waals surface area contributed by atoms with Crippen LogP contribution in [0.25, 0.3) is 0 Å². The third kappa shape index (κ3) is 1.75. The van der Waals surface area contributed by atoms with Crippen LogP contribution in [0.2, 0.25) is 0 Å². The predicted octanol–water partition coefficient (Wildman–Crippen LogP) is 1.49. The number of rotatable bonds is 3. The number of aliphatic hydroxyl groups is 1. The maximum atomic E-state index is 9.35. The first-order valence-corrected chi connectivity index (χ1v) is 5.51. The molecule has 0 spiro atoms. The van der Waals surface area contributed by atoms with Crippen LogP contribution in [0.4, 0.5) is 0 Å². The Morgan fingerprint density at radius 3 is 2.77 bits per heavy atom. The van der Waals surface area contributed by atoms with Crippen molar-refractivity contribution in [3.05, 3.63) is 0 Å². The highest BCUT2D eigenvalue weighted by Crippen LogP contribution is 2.41. The minimum Gasteiger partial charge on any atom is -0.394 e. The van der Waals surface area contributed by atoms with E-state index in [4.69, 9.17) is 0 Å². The number of hydrogen-bond acceptors (Lipinski definition) is 2. The first-order valence-electron chi connectivity index (χ1n) is 5.51. The van der Waals surface area contributed by atoms with E-state index >= 15 is 0 Å². The van der Waals surface area contributed by atoms with Crippen molar-refractivity contribution in [3.8, 4) is 0 Å². The molecule has 2 rings (SSSR count). The molecule has 0 aromatic carbocycles. The summed E-state index contributed by atoms with van der Waals surface area (Å²) in [4.78, 5) is 2.50. The molecule has 3 atom stereocenters. The molecule has 1 aliphatic carbocycles. The van der Waals surface area contributed by atoms with Gasteiger partial charge in [-0.05, 0) is 44.6 Å². The molecule has 0 amide bonds. The summed E-state index contributed by atoms with van der Waals surface area (Å²) in [5.74, 6) is 1.85. The van der Waals surface area contributed by atoms with Crippen molar-refractivity contribution in [2.75, 3.05) is 19.7 Å². The third-order valence-electron chi connectivity index (χ3n) is 3.98. The highest BCUT2D eigenvalue weighted by Gasteiger charge is 2.41. The lowest BCUT2D eigenvalue weighted by atomic mass is 10.00. The molecular weight excluding hydrogens is 162 g/mol. The SMILES string of the molecule is CC1CC1CN1CCCC1(C)CO. The molecule has 1 saturated carbocycles. The largest absolute Gasteiger partial charge is 0.394 e. The van der Waals surface area contributed by atoms with E-state index in [0.717, 1.165) is 11.8 Å². The van der Waals surface area contributed by atoms with E-state index in [1.165, 1.54) is 32.4 Å². The lowest BCUT2D eigenvalue weighted by molar-refractivity contribution is 0.0745. The molecule has 1 aliphatic heterocycles. The van der Waals surface area contributed by atoms with E-state index in [0.29, 0.717) is 6.61 Å². The summed E-state index contributed by atoms with van der Waals surface area (Å²) >= 11 is 0. The minimum absolute atomic E-state index is 0.0995. The third-order valence-corrected chi connectivity index (χ3v) is 3.98. The smallest absolute Gasteiger partial charge is 0.0612 e. The Kier molecular flexibility index (Phi) is 2.37. The lowest BCUT2D eigenvalue weighted by Crippen LogP contribution is -2.45. The van der Waals surface area contributed by atoms with Crippen molar-refractivity contribution in [3.63, 3.8) is 0 Å². The summed E-state index contributed by atoms with van der Waals surface area (Å²) in [6.07, 6.45) is 3.83. The fourth-order valence-electron chi connectivity index (χ4n) is 2.51. The lowest BCUT2D eigenvalue weighted by Gasteiger charge is -2.33. The van der Waals surface area contributed by atoms with Crippen LogP contribution < -0.4 is 0 Å². The molecule has 0 aromatic heterocycles. The Morgan fingerprint density at radius 2 is 2.23 bits per heavy atom. The molecule has 2 fully saturated rings. The van der Waals surface area contributed by atoms with Gasteiger partial charge in [-0.3, -0.25) is 4.90 Å². The van der Waals surface area contributed by atoms with E-state index in [-0.39, 0.29) is 5.54 Å². The first-order chi connectivity index (χ1) is 6.15. The number of nitrogens with zero attached hydrogens (tertiary/aromatic N) is 1. The summed E-state index contributed by atoms with van der Waals surface area (Å²) in [6, 6.07) is 0. The van der Waals surface area contributed by atoms with Gasteiger partial charge in [0, 0.05) is 12.1 Å². The molecule has 0 aromatic rings. The molecule has 1 N–H and O–H groups in total. The van der Waals surface area contributed by atoms with Crippen LogP contribution >= 0.6 is 0 Å². The molecule has 3 unspecified atom stereocenters. The van der Waals surface area contributed by atoms with Gasteiger partial charge in [0.1, 0.15) is 0 Å². The van der Waals surface area contributed by atoms with Gasteiger partial charge in [-0.2, -0.15) is 0 Å². The fraction of sp³-hybridized carbons (Fsp3) is 1.00. The van der Waals surface area contributed by atoms with Gasteiger partial charge in [0.2, 0.25) is 0 Å². The first kappa shape index (κ1) is 9.47. The van der Waals surface area contributed by atoms with Crippen LogP contribution in [-0.4, -0.2) is 35.2 Å². The van der Waals surface area contributed by atoms with Crippen molar-refractivity contribution >= 4 is 0 Å². The minimum atomic E-state index is 0.0995. The maximum absolute atomic E-state index is 9.35. The Bertz CT molecular complexity index is 195. The standard InChI is InChI=1S/C11H21NO/c1-9-6-10(9)7-12-5-3-4-11(12,2)8-13/h9-10,13H,3-8H2,1-2H3. The van der Waals surface area contributed by atoms with Gasteiger partial charge in [-0.1, -0.05) is 6.92 Å². The van der Waals surface area contributed by atoms with Gasteiger partial charge in [0.05, 0.1) is 6.61 Å². The average molecular weight is 183 g/mol. The molecule has 13 heavy (non-hydrogen) atoms. The topological polar surface area (TPSA) is 23.5 Å². The molecule has 2 aliphatic rings. The van der Waals surface area contributed by atoms with E-state index in [9.17, 15) is 5.11 Å². The second-order valence-electron chi connectivity index (χ2n) is 5.18. The molecule has 1 heterocycles. The zero-order valence-electron chi connectivity index (χ0n) is 8.79. The van der Waals surface area contributed by atoms with Gasteiger partial charge in [0.15, 0.2) is 0 Å². The van der Waals surface area contributed by atoms with E-state index in [1.54, 1.807) is 0 Å². The molecule has 1 saturated heterocycles. The molecule has 76 valence electrons. The van der Waals surface area contributed by atoms with Crippen LogP contribution in [0.3, 0.4) is 0 Å². The second kappa shape index (κ2) is 3.25. The van der Waals surface area contributed by atoms with Gasteiger partial charge in [-0.15, -0.1) is 0 Å². The molecule has 0 bridgehead atoms. The number of aliphatic hydroxyl groups excluding tert-OH is 1. The maximum Gasteiger partial charge on any atom is 0.0612 e. The van der Waals surface area contributed by atoms with Gasteiger partial charge in [0.25, 0.3) is 0 Å². The second-order valence-corrected chi connectivity index (χ2v) is 5.18. The average Bonchev–Trinajstić information content (AvgIpc) is 2.66. The van der Waals surface area contributed by atoms with E-state index in [2.05, 4.69) is 18.7 Å².